The molecule has 0 saturated heterocycles. The molecule has 0 aromatic heterocycles. The van der Waals surface area contributed by atoms with Crippen molar-refractivity contribution in [2.24, 2.45) is 0 Å². The minimum Gasteiger partial charge on any atom is -0.441 e. The first kappa shape index (κ1) is 18.8. The fourth-order valence-corrected chi connectivity index (χ4v) is 8.69. The van der Waals surface area contributed by atoms with Gasteiger partial charge in [-0.1, -0.05) is 50.0 Å². The topological polar surface area (TPSA) is 46.6 Å². The van der Waals surface area contributed by atoms with Gasteiger partial charge in [0.2, 0.25) is 0 Å². The molecule has 150 valence electrons. The van der Waals surface area contributed by atoms with E-state index in [1.807, 2.05) is 44.4 Å². The Kier molecular flexibility index (Phi) is 3.72. The third-order valence-electron chi connectivity index (χ3n) is 6.62. The summed E-state index contributed by atoms with van der Waals surface area (Å²) in [7, 11) is 1.72. The van der Waals surface area contributed by atoms with Gasteiger partial charge in [0, 0.05) is 42.1 Å². The van der Waals surface area contributed by atoms with Crippen LogP contribution in [-0.4, -0.2) is 33.9 Å². The lowest BCUT2D eigenvalue weighted by molar-refractivity contribution is -0.111. The Hall–Kier alpha value is -3.18. The summed E-state index contributed by atoms with van der Waals surface area (Å²) in [5.41, 5.74) is 3.83. The third-order valence-corrected chi connectivity index (χ3v) is 10.2. The van der Waals surface area contributed by atoms with Gasteiger partial charge in [0.15, 0.2) is 11.4 Å². The smallest absolute Gasteiger partial charge is 0.340 e. The summed E-state index contributed by atoms with van der Waals surface area (Å²) < 4.78 is 6.24. The summed E-state index contributed by atoms with van der Waals surface area (Å²) >= 11 is 0. The van der Waals surface area contributed by atoms with Crippen LogP contribution in [0.3, 0.4) is 0 Å². The summed E-state index contributed by atoms with van der Waals surface area (Å²) in [5, 5.41) is 2.14. The van der Waals surface area contributed by atoms with Crippen LogP contribution < -0.4 is 10.1 Å². The molecular formula is C25H23NO3Si. The fraction of sp³-hybridized carbons (Fsp3) is 0.200. The fourth-order valence-electron chi connectivity index (χ4n) is 5.17. The number of carbonyl (C=O) groups is 2. The van der Waals surface area contributed by atoms with E-state index in [0.717, 1.165) is 27.6 Å². The lowest BCUT2D eigenvalue weighted by Gasteiger charge is -2.46. The van der Waals surface area contributed by atoms with Gasteiger partial charge < -0.3 is 9.64 Å². The zero-order valence-electron chi connectivity index (χ0n) is 17.6. The van der Waals surface area contributed by atoms with Crippen molar-refractivity contribution in [3.63, 3.8) is 0 Å². The van der Waals surface area contributed by atoms with E-state index in [4.69, 9.17) is 4.74 Å². The van der Waals surface area contributed by atoms with Crippen molar-refractivity contribution in [1.29, 1.82) is 0 Å². The first-order valence-corrected chi connectivity index (χ1v) is 13.0. The van der Waals surface area contributed by atoms with Crippen molar-refractivity contribution >= 4 is 30.7 Å². The molecule has 3 aliphatic rings. The molecule has 5 heteroatoms. The molecule has 1 atom stereocenters. The van der Waals surface area contributed by atoms with E-state index in [1.54, 1.807) is 6.08 Å². The number of hydrogen-bond acceptors (Lipinski definition) is 4. The second kappa shape index (κ2) is 5.92. The average Bonchev–Trinajstić information content (AvgIpc) is 3.02. The standard InChI is InChI=1S/C25H23NO3Si/c1-15-21(27)13-12-20-23(15)30(4,5)22-14-16(26(2)3)10-11-19(22)25(20)18-9-7-6-8-17(18)24(28)29-25/h6-14H,1H2,2-5H3. The molecule has 2 aromatic carbocycles. The summed E-state index contributed by atoms with van der Waals surface area (Å²) in [6.45, 7) is 8.65. The number of ether oxygens (including phenoxy) is 1. The maximum atomic E-state index is 13.0. The van der Waals surface area contributed by atoms with Crippen molar-refractivity contribution in [3.05, 3.63) is 94.2 Å². The molecule has 0 fully saturated rings. The number of rotatable bonds is 1. The third kappa shape index (κ3) is 2.16. The Morgan fingerprint density at radius 1 is 1.00 bits per heavy atom. The predicted octanol–water partition coefficient (Wildman–Crippen LogP) is 3.63. The molecule has 2 aliphatic heterocycles. The quantitative estimate of drug-likeness (QED) is 0.407. The van der Waals surface area contributed by atoms with E-state index in [2.05, 4.69) is 42.8 Å². The van der Waals surface area contributed by atoms with Gasteiger partial charge >= 0.3 is 5.97 Å². The molecule has 5 rings (SSSR count). The van der Waals surface area contributed by atoms with E-state index in [1.165, 1.54) is 5.19 Å². The number of ketones is 1. The zero-order chi connectivity index (χ0) is 21.4. The van der Waals surface area contributed by atoms with Crippen LogP contribution in [0, 0.1) is 0 Å². The van der Waals surface area contributed by atoms with Gasteiger partial charge in [-0.15, -0.1) is 0 Å². The van der Waals surface area contributed by atoms with Gasteiger partial charge in [0.05, 0.1) is 5.56 Å². The van der Waals surface area contributed by atoms with Crippen LogP contribution in [0.15, 0.2) is 77.5 Å². The zero-order valence-corrected chi connectivity index (χ0v) is 18.6. The largest absolute Gasteiger partial charge is 0.441 e. The molecule has 1 spiro atoms. The average molecular weight is 414 g/mol. The molecule has 0 bridgehead atoms. The maximum absolute atomic E-state index is 13.0. The highest BCUT2D eigenvalue weighted by atomic mass is 28.3. The Bertz CT molecular complexity index is 1230. The van der Waals surface area contributed by atoms with Crippen LogP contribution in [0.2, 0.25) is 13.1 Å². The first-order valence-electron chi connectivity index (χ1n) is 10.0. The molecular weight excluding hydrogens is 390 g/mol. The summed E-state index contributed by atoms with van der Waals surface area (Å²) in [6.07, 6.45) is 3.40. The molecule has 0 saturated carbocycles. The van der Waals surface area contributed by atoms with Crippen LogP contribution in [0.1, 0.15) is 21.5 Å². The number of hydrogen-bond donors (Lipinski definition) is 0. The van der Waals surface area contributed by atoms with Gasteiger partial charge in [-0.2, -0.15) is 0 Å². The van der Waals surface area contributed by atoms with Crippen LogP contribution in [0.4, 0.5) is 5.69 Å². The number of fused-ring (bicyclic) bond motifs is 5. The van der Waals surface area contributed by atoms with E-state index < -0.39 is 13.7 Å². The normalized spacial score (nSPS) is 23.3. The minimum absolute atomic E-state index is 0.0747. The van der Waals surface area contributed by atoms with Crippen LogP contribution in [-0.2, 0) is 15.1 Å². The highest BCUT2D eigenvalue weighted by Crippen LogP contribution is 2.53. The van der Waals surface area contributed by atoms with E-state index in [9.17, 15) is 9.59 Å². The van der Waals surface area contributed by atoms with Crippen LogP contribution in [0.5, 0.6) is 0 Å². The lowest BCUT2D eigenvalue weighted by atomic mass is 9.76. The van der Waals surface area contributed by atoms with Crippen molar-refractivity contribution in [3.8, 4) is 0 Å². The Morgan fingerprint density at radius 2 is 1.73 bits per heavy atom. The van der Waals surface area contributed by atoms with Gasteiger partial charge in [0.25, 0.3) is 0 Å². The van der Waals surface area contributed by atoms with Crippen molar-refractivity contribution in [1.82, 2.24) is 0 Å². The molecule has 30 heavy (non-hydrogen) atoms. The maximum Gasteiger partial charge on any atom is 0.340 e. The van der Waals surface area contributed by atoms with Gasteiger partial charge in [-0.25, -0.2) is 4.79 Å². The second-order valence-corrected chi connectivity index (χ2v) is 13.1. The molecule has 1 aliphatic carbocycles. The van der Waals surface area contributed by atoms with E-state index >= 15 is 0 Å². The number of allylic oxidation sites excluding steroid dienone is 3. The number of benzene rings is 2. The van der Waals surface area contributed by atoms with E-state index in [-0.39, 0.29) is 11.8 Å². The lowest BCUT2D eigenvalue weighted by Crippen LogP contribution is -2.56. The van der Waals surface area contributed by atoms with Gasteiger partial charge in [0.1, 0.15) is 8.07 Å². The highest BCUT2D eigenvalue weighted by molar-refractivity contribution is 6.97. The minimum atomic E-state index is -2.30. The number of carbonyl (C=O) groups excluding carboxylic acids is 2. The highest BCUT2D eigenvalue weighted by Gasteiger charge is 2.57. The molecule has 2 aromatic rings. The Balaban J connectivity index is 1.95. The Morgan fingerprint density at radius 3 is 2.47 bits per heavy atom. The predicted molar refractivity (Wildman–Crippen MR) is 121 cm³/mol. The molecule has 0 N–H and O–H groups in total. The van der Waals surface area contributed by atoms with Crippen LogP contribution in [0.25, 0.3) is 0 Å². The van der Waals surface area contributed by atoms with Crippen molar-refractivity contribution in [2.45, 2.75) is 18.7 Å². The summed E-state index contributed by atoms with van der Waals surface area (Å²) in [6, 6.07) is 13.9. The number of anilines is 1. The van der Waals surface area contributed by atoms with Crippen molar-refractivity contribution < 1.29 is 14.3 Å². The number of nitrogens with zero attached hydrogens (tertiary/aromatic N) is 1. The Labute approximate surface area is 177 Å². The van der Waals surface area contributed by atoms with Gasteiger partial charge in [-0.05, 0) is 34.7 Å². The molecule has 1 unspecified atom stereocenters. The first-order chi connectivity index (χ1) is 14.2. The second-order valence-electron chi connectivity index (χ2n) is 8.83. The molecule has 4 nitrogen and oxygen atoms in total. The molecule has 2 heterocycles. The van der Waals surface area contributed by atoms with E-state index in [0.29, 0.717) is 11.1 Å². The SMILES string of the molecule is C=C1C(=O)C=CC2=C1[Si](C)(C)c1cc(N(C)C)ccc1C21OC(=O)c2ccccc21. The van der Waals surface area contributed by atoms with Gasteiger partial charge in [-0.3, -0.25) is 4.79 Å². The van der Waals surface area contributed by atoms with Crippen molar-refractivity contribution in [2.75, 3.05) is 19.0 Å². The van der Waals surface area contributed by atoms with Crippen LogP contribution >= 0.6 is 0 Å². The number of esters is 1. The molecule has 0 amide bonds. The summed E-state index contributed by atoms with van der Waals surface area (Å²) in [5.74, 6) is -0.410. The monoisotopic (exact) mass is 413 g/mol. The molecule has 0 radical (unpaired) electrons. The summed E-state index contributed by atoms with van der Waals surface area (Å²) in [4.78, 5) is 27.6.